The van der Waals surface area contributed by atoms with E-state index in [4.69, 9.17) is 21.6 Å². The van der Waals surface area contributed by atoms with E-state index in [2.05, 4.69) is 11.2 Å². The number of carbonyl (C=O) groups excluding carboxylic acids is 2. The normalized spacial score (nSPS) is 9.89. The maximum atomic E-state index is 11.9. The van der Waals surface area contributed by atoms with E-state index in [0.717, 1.165) is 16.9 Å². The molecule has 0 unspecified atom stereocenters. The molecule has 2 aromatic rings. The number of rotatable bonds is 10. The number of nitrogens with two attached hydrogens (primary N) is 1. The van der Waals surface area contributed by atoms with Gasteiger partial charge in [-0.05, 0) is 41.8 Å². The van der Waals surface area contributed by atoms with E-state index >= 15 is 0 Å². The fourth-order valence-electron chi connectivity index (χ4n) is 2.33. The van der Waals surface area contributed by atoms with Crippen molar-refractivity contribution in [3.8, 4) is 23.8 Å². The number of ether oxygens (including phenoxy) is 2. The Morgan fingerprint density at radius 3 is 2.15 bits per heavy atom. The lowest BCUT2D eigenvalue weighted by molar-refractivity contribution is -0.123. The lowest BCUT2D eigenvalue weighted by Gasteiger charge is -2.08. The van der Waals surface area contributed by atoms with Gasteiger partial charge in [0.2, 0.25) is 5.91 Å². The van der Waals surface area contributed by atoms with Crippen molar-refractivity contribution in [3.05, 3.63) is 59.7 Å². The van der Waals surface area contributed by atoms with E-state index in [0.29, 0.717) is 18.7 Å². The monoisotopic (exact) mass is 366 g/mol. The standard InChI is InChI=1S/C21H22N2O4/c1-2-13-26-18-7-3-16(4-8-18)11-12-23-21(25)15-27-19-9-5-17(6-10-19)14-20(22)24/h1,3-10H,11-15H2,(H2,22,24)(H,23,25). The third-order valence-electron chi connectivity index (χ3n) is 3.65. The molecule has 3 N–H and O–H groups in total. The minimum Gasteiger partial charge on any atom is -0.484 e. The molecule has 0 saturated heterocycles. The van der Waals surface area contributed by atoms with Gasteiger partial charge < -0.3 is 20.5 Å². The number of amides is 2. The largest absolute Gasteiger partial charge is 0.484 e. The van der Waals surface area contributed by atoms with Gasteiger partial charge in [-0.3, -0.25) is 9.59 Å². The van der Waals surface area contributed by atoms with Crippen molar-refractivity contribution >= 4 is 11.8 Å². The molecule has 2 aromatic carbocycles. The maximum Gasteiger partial charge on any atom is 0.257 e. The smallest absolute Gasteiger partial charge is 0.257 e. The molecule has 0 saturated carbocycles. The molecule has 0 aromatic heterocycles. The first-order chi connectivity index (χ1) is 13.1. The highest BCUT2D eigenvalue weighted by molar-refractivity contribution is 5.77. The van der Waals surface area contributed by atoms with Crippen LogP contribution >= 0.6 is 0 Å². The average molecular weight is 366 g/mol. The van der Waals surface area contributed by atoms with Crippen LogP contribution in [0, 0.1) is 12.3 Å². The van der Waals surface area contributed by atoms with Crippen LogP contribution in [0.2, 0.25) is 0 Å². The predicted molar refractivity (Wildman–Crippen MR) is 102 cm³/mol. The van der Waals surface area contributed by atoms with Gasteiger partial charge in [0.15, 0.2) is 6.61 Å². The second-order valence-electron chi connectivity index (χ2n) is 5.81. The molecule has 140 valence electrons. The summed E-state index contributed by atoms with van der Waals surface area (Å²) < 4.78 is 10.7. The highest BCUT2D eigenvalue weighted by Crippen LogP contribution is 2.13. The van der Waals surface area contributed by atoms with Crippen molar-refractivity contribution in [2.45, 2.75) is 12.8 Å². The molecular weight excluding hydrogens is 344 g/mol. The molecule has 0 fully saturated rings. The van der Waals surface area contributed by atoms with Crippen molar-refractivity contribution in [2.75, 3.05) is 19.8 Å². The van der Waals surface area contributed by atoms with Crippen LogP contribution in [0.25, 0.3) is 0 Å². The van der Waals surface area contributed by atoms with E-state index in [1.807, 2.05) is 24.3 Å². The summed E-state index contributed by atoms with van der Waals surface area (Å²) in [6.07, 6.45) is 6.02. The Morgan fingerprint density at radius 1 is 0.963 bits per heavy atom. The molecule has 6 nitrogen and oxygen atoms in total. The third-order valence-corrected chi connectivity index (χ3v) is 3.65. The van der Waals surface area contributed by atoms with Crippen molar-refractivity contribution in [2.24, 2.45) is 5.73 Å². The van der Waals surface area contributed by atoms with Crippen molar-refractivity contribution < 1.29 is 19.1 Å². The molecule has 0 heterocycles. The van der Waals surface area contributed by atoms with Crippen molar-refractivity contribution in [1.29, 1.82) is 0 Å². The summed E-state index contributed by atoms with van der Waals surface area (Å²) in [5.41, 5.74) is 7.02. The minimum absolute atomic E-state index is 0.0754. The molecule has 0 aliphatic rings. The first kappa shape index (κ1) is 19.9. The fraction of sp³-hybridized carbons (Fsp3) is 0.238. The van der Waals surface area contributed by atoms with Crippen LogP contribution in [0.3, 0.4) is 0 Å². The van der Waals surface area contributed by atoms with Crippen LogP contribution < -0.4 is 20.5 Å². The molecule has 0 radical (unpaired) electrons. The molecule has 2 rings (SSSR count). The van der Waals surface area contributed by atoms with Crippen LogP contribution in [-0.4, -0.2) is 31.6 Å². The Labute approximate surface area is 158 Å². The van der Waals surface area contributed by atoms with E-state index < -0.39 is 5.91 Å². The molecule has 0 aliphatic carbocycles. The van der Waals surface area contributed by atoms with Crippen LogP contribution in [0.15, 0.2) is 48.5 Å². The summed E-state index contributed by atoms with van der Waals surface area (Å²) in [5, 5.41) is 2.80. The Balaban J connectivity index is 1.67. The summed E-state index contributed by atoms with van der Waals surface area (Å²) in [6.45, 7) is 0.668. The molecule has 6 heteroatoms. The van der Waals surface area contributed by atoms with Gasteiger partial charge >= 0.3 is 0 Å². The highest BCUT2D eigenvalue weighted by atomic mass is 16.5. The lowest BCUT2D eigenvalue weighted by Crippen LogP contribution is -2.30. The van der Waals surface area contributed by atoms with Gasteiger partial charge in [0.05, 0.1) is 6.42 Å². The molecule has 0 atom stereocenters. The van der Waals surface area contributed by atoms with Gasteiger partial charge in [0.1, 0.15) is 18.1 Å². The van der Waals surface area contributed by atoms with Gasteiger partial charge in [0.25, 0.3) is 5.91 Å². The van der Waals surface area contributed by atoms with Crippen LogP contribution in [0.1, 0.15) is 11.1 Å². The highest BCUT2D eigenvalue weighted by Gasteiger charge is 2.04. The fourth-order valence-corrected chi connectivity index (χ4v) is 2.33. The molecule has 0 aliphatic heterocycles. The van der Waals surface area contributed by atoms with E-state index in [1.54, 1.807) is 24.3 Å². The van der Waals surface area contributed by atoms with Crippen LogP contribution in [0.4, 0.5) is 0 Å². The zero-order valence-corrected chi connectivity index (χ0v) is 14.9. The summed E-state index contributed by atoms with van der Waals surface area (Å²) in [4.78, 5) is 22.7. The first-order valence-corrected chi connectivity index (χ1v) is 8.49. The van der Waals surface area contributed by atoms with Crippen molar-refractivity contribution in [1.82, 2.24) is 5.32 Å². The second-order valence-corrected chi connectivity index (χ2v) is 5.81. The Morgan fingerprint density at radius 2 is 1.56 bits per heavy atom. The zero-order valence-electron chi connectivity index (χ0n) is 14.9. The number of hydrogen-bond acceptors (Lipinski definition) is 4. The Hall–Kier alpha value is -3.46. The van der Waals surface area contributed by atoms with Gasteiger partial charge in [-0.25, -0.2) is 0 Å². The van der Waals surface area contributed by atoms with E-state index in [1.165, 1.54) is 0 Å². The first-order valence-electron chi connectivity index (χ1n) is 8.49. The molecule has 0 bridgehead atoms. The Kier molecular flexibility index (Phi) is 7.73. The minimum atomic E-state index is -0.391. The number of benzene rings is 2. The number of hydrogen-bond donors (Lipinski definition) is 2. The number of terminal acetylenes is 1. The summed E-state index contributed by atoms with van der Waals surface area (Å²) >= 11 is 0. The van der Waals surface area contributed by atoms with E-state index in [-0.39, 0.29) is 25.5 Å². The molecule has 0 spiro atoms. The second kappa shape index (κ2) is 10.5. The van der Waals surface area contributed by atoms with Gasteiger partial charge in [-0.1, -0.05) is 30.2 Å². The summed E-state index contributed by atoms with van der Waals surface area (Å²) in [5.74, 6) is 3.09. The third kappa shape index (κ3) is 7.53. The quantitative estimate of drug-likeness (QED) is 0.623. The zero-order chi connectivity index (χ0) is 19.5. The number of carbonyl (C=O) groups is 2. The van der Waals surface area contributed by atoms with Gasteiger partial charge in [-0.15, -0.1) is 6.42 Å². The topological polar surface area (TPSA) is 90.7 Å². The average Bonchev–Trinajstić information content (AvgIpc) is 2.66. The van der Waals surface area contributed by atoms with Gasteiger partial charge in [-0.2, -0.15) is 0 Å². The van der Waals surface area contributed by atoms with Crippen LogP contribution in [-0.2, 0) is 22.4 Å². The maximum absolute atomic E-state index is 11.9. The number of nitrogens with one attached hydrogen (secondary N) is 1. The molecular formula is C21H22N2O4. The summed E-state index contributed by atoms with van der Waals surface area (Å²) in [7, 11) is 0. The van der Waals surface area contributed by atoms with Crippen molar-refractivity contribution in [3.63, 3.8) is 0 Å². The Bertz CT molecular complexity index is 792. The summed E-state index contributed by atoms with van der Waals surface area (Å²) in [6, 6.07) is 14.5. The lowest BCUT2D eigenvalue weighted by atomic mass is 10.1. The molecule has 27 heavy (non-hydrogen) atoms. The van der Waals surface area contributed by atoms with E-state index in [9.17, 15) is 9.59 Å². The SMILES string of the molecule is C#CCOc1ccc(CCNC(=O)COc2ccc(CC(N)=O)cc2)cc1. The predicted octanol–water partition coefficient (Wildman–Crippen LogP) is 1.46. The molecule has 2 amide bonds. The van der Waals surface area contributed by atoms with Gasteiger partial charge in [0, 0.05) is 6.54 Å². The van der Waals surface area contributed by atoms with Crippen LogP contribution in [0.5, 0.6) is 11.5 Å². The number of primary amides is 1.